The van der Waals surface area contributed by atoms with Crippen LogP contribution in [0.1, 0.15) is 52.9 Å². The predicted molar refractivity (Wildman–Crippen MR) is 52.4 cm³/mol. The minimum Gasteiger partial charge on any atom is -0.295 e. The van der Waals surface area contributed by atoms with E-state index in [9.17, 15) is 0 Å². The Hall–Kier alpha value is -0.330. The molecule has 11 heavy (non-hydrogen) atoms. The van der Waals surface area contributed by atoms with Gasteiger partial charge in [0.1, 0.15) is 0 Å². The maximum absolute atomic E-state index is 4.30. The molecule has 0 heterocycles. The summed E-state index contributed by atoms with van der Waals surface area (Å²) in [5.41, 5.74) is 0. The van der Waals surface area contributed by atoms with Gasteiger partial charge in [0.15, 0.2) is 0 Å². The van der Waals surface area contributed by atoms with Crippen LogP contribution >= 0.6 is 0 Å². The van der Waals surface area contributed by atoms with Crippen LogP contribution < -0.4 is 0 Å². The quantitative estimate of drug-likeness (QED) is 0.411. The summed E-state index contributed by atoms with van der Waals surface area (Å²) in [5, 5.41) is 0. The molecule has 0 fully saturated rings. The Morgan fingerprint density at radius 3 is 2.55 bits per heavy atom. The largest absolute Gasteiger partial charge is 0.295 e. The smallest absolute Gasteiger partial charge is 0.0467 e. The van der Waals surface area contributed by atoms with Crippen molar-refractivity contribution in [2.75, 3.05) is 0 Å². The molecule has 0 amide bonds. The van der Waals surface area contributed by atoms with E-state index >= 15 is 0 Å². The van der Waals surface area contributed by atoms with E-state index in [0.717, 1.165) is 0 Å². The van der Waals surface area contributed by atoms with E-state index in [0.29, 0.717) is 6.04 Å². The number of unbranched alkanes of at least 4 members (excludes halogenated alkanes) is 3. The van der Waals surface area contributed by atoms with Crippen molar-refractivity contribution in [1.29, 1.82) is 0 Å². The van der Waals surface area contributed by atoms with Crippen LogP contribution in [0.15, 0.2) is 4.99 Å². The van der Waals surface area contributed by atoms with Crippen LogP contribution in [0.2, 0.25) is 0 Å². The fourth-order valence-corrected chi connectivity index (χ4v) is 1.20. The summed E-state index contributed by atoms with van der Waals surface area (Å²) in [6.07, 6.45) is 8.58. The Kier molecular flexibility index (Phi) is 7.54. The Labute approximate surface area is 70.9 Å². The summed E-state index contributed by atoms with van der Waals surface area (Å²) in [4.78, 5) is 4.30. The van der Waals surface area contributed by atoms with Gasteiger partial charge in [-0.05, 0) is 26.5 Å². The van der Waals surface area contributed by atoms with Gasteiger partial charge in [-0.15, -0.1) is 0 Å². The molecule has 1 heteroatoms. The van der Waals surface area contributed by atoms with E-state index < -0.39 is 0 Å². The lowest BCUT2D eigenvalue weighted by Crippen LogP contribution is -1.97. The lowest BCUT2D eigenvalue weighted by Gasteiger charge is -2.03. The van der Waals surface area contributed by atoms with Gasteiger partial charge in [-0.2, -0.15) is 0 Å². The molecule has 1 nitrogen and oxygen atoms in total. The summed E-state index contributed by atoms with van der Waals surface area (Å²) >= 11 is 0. The molecule has 0 aromatic carbocycles. The number of hydrogen-bond acceptors (Lipinski definition) is 1. The molecule has 1 atom stereocenters. The van der Waals surface area contributed by atoms with Crippen LogP contribution in [-0.4, -0.2) is 12.3 Å². The normalized spacial score (nSPS) is 14.1. The number of hydrogen-bond donors (Lipinski definition) is 0. The predicted octanol–water partition coefficient (Wildman–Crippen LogP) is 3.44. The van der Waals surface area contributed by atoms with Crippen molar-refractivity contribution in [3.8, 4) is 0 Å². The Morgan fingerprint density at radius 2 is 2.00 bits per heavy atom. The van der Waals surface area contributed by atoms with Crippen LogP contribution in [-0.2, 0) is 0 Å². The van der Waals surface area contributed by atoms with Crippen molar-refractivity contribution < 1.29 is 0 Å². The zero-order valence-corrected chi connectivity index (χ0v) is 8.14. The van der Waals surface area contributed by atoms with Crippen LogP contribution in [0.4, 0.5) is 0 Å². The van der Waals surface area contributed by atoms with Gasteiger partial charge in [0.05, 0.1) is 0 Å². The van der Waals surface area contributed by atoms with Crippen molar-refractivity contribution in [2.24, 2.45) is 4.99 Å². The average molecular weight is 155 g/mol. The van der Waals surface area contributed by atoms with E-state index in [4.69, 9.17) is 0 Å². The number of aliphatic imine (C=N–C) groups is 1. The van der Waals surface area contributed by atoms with E-state index in [1.165, 1.54) is 32.1 Å². The molecule has 0 saturated carbocycles. The summed E-state index contributed by atoms with van der Waals surface area (Å²) < 4.78 is 0. The van der Waals surface area contributed by atoms with Crippen molar-refractivity contribution in [2.45, 2.75) is 58.9 Å². The maximum atomic E-state index is 4.30. The van der Waals surface area contributed by atoms with Crippen LogP contribution in [0.3, 0.4) is 0 Å². The lowest BCUT2D eigenvalue weighted by atomic mass is 10.1. The van der Waals surface area contributed by atoms with Crippen LogP contribution in [0.5, 0.6) is 0 Å². The first-order valence-electron chi connectivity index (χ1n) is 4.79. The van der Waals surface area contributed by atoms with Crippen molar-refractivity contribution >= 4 is 6.21 Å². The number of nitrogens with zero attached hydrogens (tertiary/aromatic N) is 1. The fourth-order valence-electron chi connectivity index (χ4n) is 1.20. The molecule has 0 aliphatic rings. The first-order chi connectivity index (χ1) is 5.31. The Morgan fingerprint density at radius 1 is 1.27 bits per heavy atom. The summed E-state index contributed by atoms with van der Waals surface area (Å²) in [6.45, 7) is 6.42. The third-order valence-electron chi connectivity index (χ3n) is 1.88. The number of rotatable bonds is 6. The second-order valence-corrected chi connectivity index (χ2v) is 3.11. The van der Waals surface area contributed by atoms with E-state index in [2.05, 4.69) is 18.8 Å². The maximum Gasteiger partial charge on any atom is 0.0467 e. The molecule has 0 aliphatic carbocycles. The van der Waals surface area contributed by atoms with Gasteiger partial charge in [-0.1, -0.05) is 32.6 Å². The molecule has 1 unspecified atom stereocenters. The van der Waals surface area contributed by atoms with E-state index in [1.807, 2.05) is 13.1 Å². The molecule has 0 bridgehead atoms. The molecule has 0 spiro atoms. The first kappa shape index (κ1) is 10.7. The van der Waals surface area contributed by atoms with E-state index in [-0.39, 0.29) is 0 Å². The first-order valence-corrected chi connectivity index (χ1v) is 4.79. The highest BCUT2D eigenvalue weighted by atomic mass is 14.7. The monoisotopic (exact) mass is 155 g/mol. The summed E-state index contributed by atoms with van der Waals surface area (Å²) in [6, 6.07) is 0.539. The molecule has 0 aromatic rings. The zero-order chi connectivity index (χ0) is 8.53. The van der Waals surface area contributed by atoms with Gasteiger partial charge in [0.2, 0.25) is 0 Å². The van der Waals surface area contributed by atoms with Crippen molar-refractivity contribution in [1.82, 2.24) is 0 Å². The highest BCUT2D eigenvalue weighted by Crippen LogP contribution is 2.06. The molecule has 0 aliphatic heterocycles. The fraction of sp³-hybridized carbons (Fsp3) is 0.900. The highest BCUT2D eigenvalue weighted by Gasteiger charge is 1.95. The topological polar surface area (TPSA) is 12.4 Å². The standard InChI is InChI=1S/C10H21N/c1-4-6-7-8-9-10(3)11-5-2/h5,10H,4,6-9H2,1-3H3. The second-order valence-electron chi connectivity index (χ2n) is 3.11. The van der Waals surface area contributed by atoms with Gasteiger partial charge in [-0.25, -0.2) is 0 Å². The molecule has 0 saturated heterocycles. The van der Waals surface area contributed by atoms with Crippen molar-refractivity contribution in [3.05, 3.63) is 0 Å². The summed E-state index contributed by atoms with van der Waals surface area (Å²) in [7, 11) is 0. The second kappa shape index (κ2) is 7.77. The van der Waals surface area contributed by atoms with Gasteiger partial charge < -0.3 is 0 Å². The Balaban J connectivity index is 3.10. The van der Waals surface area contributed by atoms with Crippen molar-refractivity contribution in [3.63, 3.8) is 0 Å². The molecule has 0 radical (unpaired) electrons. The lowest BCUT2D eigenvalue weighted by molar-refractivity contribution is 0.577. The van der Waals surface area contributed by atoms with Crippen LogP contribution in [0.25, 0.3) is 0 Å². The third kappa shape index (κ3) is 7.57. The third-order valence-corrected chi connectivity index (χ3v) is 1.88. The molecule has 66 valence electrons. The highest BCUT2D eigenvalue weighted by molar-refractivity contribution is 5.53. The molecule has 0 rings (SSSR count). The Bertz CT molecular complexity index is 97.0. The van der Waals surface area contributed by atoms with Gasteiger partial charge >= 0.3 is 0 Å². The minimum atomic E-state index is 0.539. The zero-order valence-electron chi connectivity index (χ0n) is 8.14. The molecular formula is C10H21N. The van der Waals surface area contributed by atoms with Crippen LogP contribution in [0, 0.1) is 0 Å². The minimum absolute atomic E-state index is 0.539. The molecule has 0 N–H and O–H groups in total. The summed E-state index contributed by atoms with van der Waals surface area (Å²) in [5.74, 6) is 0. The van der Waals surface area contributed by atoms with Gasteiger partial charge in [0, 0.05) is 6.04 Å². The van der Waals surface area contributed by atoms with Gasteiger partial charge in [0.25, 0.3) is 0 Å². The van der Waals surface area contributed by atoms with Gasteiger partial charge in [-0.3, -0.25) is 4.99 Å². The molecule has 0 aromatic heterocycles. The SMILES string of the molecule is CC=NC(C)CCCCCC. The van der Waals surface area contributed by atoms with E-state index in [1.54, 1.807) is 0 Å². The molecular weight excluding hydrogens is 134 g/mol. The average Bonchev–Trinajstić information content (AvgIpc) is 1.99.